The minimum Gasteiger partial charge on any atom is -0.323 e. The van der Waals surface area contributed by atoms with Crippen LogP contribution in [0.5, 0.6) is 0 Å². The van der Waals surface area contributed by atoms with E-state index >= 15 is 0 Å². The van der Waals surface area contributed by atoms with Crippen molar-refractivity contribution in [2.45, 2.75) is 32.9 Å². The number of nitrogens with one attached hydrogen (secondary N) is 1. The molecule has 1 N–H and O–H groups in total. The standard InChI is InChI=1S/C12H16N6O3/c1-9(2)17-7-10(5-14-17)15-12(19)3-4-16-8-11(6-13-16)18(20)21/h5-9H,3-4H2,1-2H3,(H,15,19). The molecule has 0 aromatic carbocycles. The zero-order valence-electron chi connectivity index (χ0n) is 11.8. The molecule has 0 saturated carbocycles. The summed E-state index contributed by atoms with van der Waals surface area (Å²) in [6.07, 6.45) is 5.96. The summed E-state index contributed by atoms with van der Waals surface area (Å²) in [6, 6.07) is 0.222. The number of carbonyl (C=O) groups excluding carboxylic acids is 1. The molecule has 0 unspecified atom stereocenters. The summed E-state index contributed by atoms with van der Waals surface area (Å²) in [4.78, 5) is 21.8. The van der Waals surface area contributed by atoms with Gasteiger partial charge in [-0.25, -0.2) is 0 Å². The molecule has 0 spiro atoms. The Morgan fingerprint density at radius 1 is 1.38 bits per heavy atom. The van der Waals surface area contributed by atoms with Gasteiger partial charge in [-0.3, -0.25) is 24.3 Å². The molecule has 112 valence electrons. The molecule has 2 heterocycles. The van der Waals surface area contributed by atoms with Crippen LogP contribution in [-0.4, -0.2) is 30.4 Å². The Morgan fingerprint density at radius 3 is 2.71 bits per heavy atom. The largest absolute Gasteiger partial charge is 0.323 e. The van der Waals surface area contributed by atoms with Crippen molar-refractivity contribution >= 4 is 17.3 Å². The van der Waals surface area contributed by atoms with E-state index < -0.39 is 4.92 Å². The van der Waals surface area contributed by atoms with Gasteiger partial charge in [0.2, 0.25) is 5.91 Å². The van der Waals surface area contributed by atoms with Crippen LogP contribution in [-0.2, 0) is 11.3 Å². The highest BCUT2D eigenvalue weighted by Gasteiger charge is 2.10. The van der Waals surface area contributed by atoms with Gasteiger partial charge in [0, 0.05) is 25.2 Å². The van der Waals surface area contributed by atoms with Crippen LogP contribution in [0.4, 0.5) is 11.4 Å². The third kappa shape index (κ3) is 3.88. The number of hydrogen-bond donors (Lipinski definition) is 1. The normalized spacial score (nSPS) is 10.8. The fraction of sp³-hybridized carbons (Fsp3) is 0.417. The predicted molar refractivity (Wildman–Crippen MR) is 74.7 cm³/mol. The van der Waals surface area contributed by atoms with Crippen molar-refractivity contribution < 1.29 is 9.72 Å². The Morgan fingerprint density at radius 2 is 2.14 bits per heavy atom. The molecule has 0 aliphatic carbocycles. The third-order valence-electron chi connectivity index (χ3n) is 2.81. The molecule has 9 nitrogen and oxygen atoms in total. The average molecular weight is 292 g/mol. The number of rotatable bonds is 6. The molecule has 9 heteroatoms. The first-order chi connectivity index (χ1) is 9.95. The molecule has 2 aromatic heterocycles. The maximum Gasteiger partial charge on any atom is 0.306 e. The van der Waals surface area contributed by atoms with Gasteiger partial charge in [0.05, 0.1) is 16.8 Å². The van der Waals surface area contributed by atoms with Crippen LogP contribution in [0, 0.1) is 10.1 Å². The maximum atomic E-state index is 11.8. The lowest BCUT2D eigenvalue weighted by Gasteiger charge is -2.04. The molecule has 21 heavy (non-hydrogen) atoms. The highest BCUT2D eigenvalue weighted by atomic mass is 16.6. The lowest BCUT2D eigenvalue weighted by molar-refractivity contribution is -0.385. The minimum absolute atomic E-state index is 0.0892. The Labute approximate surface area is 120 Å². The fourth-order valence-electron chi connectivity index (χ4n) is 1.69. The van der Waals surface area contributed by atoms with E-state index in [1.165, 1.54) is 10.9 Å². The second-order valence-corrected chi connectivity index (χ2v) is 4.82. The summed E-state index contributed by atoms with van der Waals surface area (Å²) in [5.41, 5.74) is 0.536. The van der Waals surface area contributed by atoms with Crippen LogP contribution < -0.4 is 5.32 Å². The van der Waals surface area contributed by atoms with Crippen molar-refractivity contribution in [2.75, 3.05) is 5.32 Å². The fourth-order valence-corrected chi connectivity index (χ4v) is 1.69. The highest BCUT2D eigenvalue weighted by Crippen LogP contribution is 2.11. The monoisotopic (exact) mass is 292 g/mol. The first kappa shape index (κ1) is 14.7. The first-order valence-corrected chi connectivity index (χ1v) is 6.46. The number of nitrogens with zero attached hydrogens (tertiary/aromatic N) is 5. The van der Waals surface area contributed by atoms with E-state index in [0.29, 0.717) is 5.69 Å². The van der Waals surface area contributed by atoms with Crippen LogP contribution in [0.1, 0.15) is 26.3 Å². The van der Waals surface area contributed by atoms with Gasteiger partial charge in [-0.2, -0.15) is 10.2 Å². The Bertz CT molecular complexity index is 645. The minimum atomic E-state index is -0.524. The van der Waals surface area contributed by atoms with Gasteiger partial charge < -0.3 is 5.32 Å². The van der Waals surface area contributed by atoms with Crippen LogP contribution in [0.25, 0.3) is 0 Å². The second kappa shape index (κ2) is 6.16. The number of aromatic nitrogens is 4. The summed E-state index contributed by atoms with van der Waals surface area (Å²) < 4.78 is 3.11. The molecular weight excluding hydrogens is 276 g/mol. The van der Waals surface area contributed by atoms with Crippen molar-refractivity contribution in [3.63, 3.8) is 0 Å². The van der Waals surface area contributed by atoms with Crippen molar-refractivity contribution in [2.24, 2.45) is 0 Å². The third-order valence-corrected chi connectivity index (χ3v) is 2.81. The number of anilines is 1. The quantitative estimate of drug-likeness (QED) is 0.642. The van der Waals surface area contributed by atoms with Crippen molar-refractivity contribution in [3.8, 4) is 0 Å². The van der Waals surface area contributed by atoms with E-state index in [9.17, 15) is 14.9 Å². The van der Waals surface area contributed by atoms with Crippen LogP contribution in [0.15, 0.2) is 24.8 Å². The summed E-state index contributed by atoms with van der Waals surface area (Å²) in [5.74, 6) is -0.198. The predicted octanol–water partition coefficient (Wildman–Crippen LogP) is 1.60. The Kier molecular flexibility index (Phi) is 4.31. The van der Waals surface area contributed by atoms with Crippen molar-refractivity contribution in [1.82, 2.24) is 19.6 Å². The lowest BCUT2D eigenvalue weighted by atomic mass is 10.4. The van der Waals surface area contributed by atoms with Crippen LogP contribution in [0.2, 0.25) is 0 Å². The number of carbonyl (C=O) groups is 1. The zero-order chi connectivity index (χ0) is 15.4. The molecule has 2 rings (SSSR count). The van der Waals surface area contributed by atoms with E-state index in [4.69, 9.17) is 0 Å². The molecule has 0 bridgehead atoms. The van der Waals surface area contributed by atoms with E-state index in [0.717, 1.165) is 6.20 Å². The average Bonchev–Trinajstić information content (AvgIpc) is 3.05. The summed E-state index contributed by atoms with van der Waals surface area (Å²) in [7, 11) is 0. The molecule has 0 aliphatic rings. The van der Waals surface area contributed by atoms with Crippen molar-refractivity contribution in [3.05, 3.63) is 34.9 Å². The van der Waals surface area contributed by atoms with Gasteiger partial charge in [-0.05, 0) is 13.8 Å². The summed E-state index contributed by atoms with van der Waals surface area (Å²) in [5, 5.41) is 21.2. The van der Waals surface area contributed by atoms with Crippen molar-refractivity contribution in [1.29, 1.82) is 0 Å². The molecule has 0 saturated heterocycles. The smallest absolute Gasteiger partial charge is 0.306 e. The van der Waals surface area contributed by atoms with E-state index in [-0.39, 0.29) is 30.6 Å². The number of nitro groups is 1. The lowest BCUT2D eigenvalue weighted by Crippen LogP contribution is -2.14. The van der Waals surface area contributed by atoms with Gasteiger partial charge in [0.1, 0.15) is 12.4 Å². The highest BCUT2D eigenvalue weighted by molar-refractivity contribution is 5.90. The molecule has 0 radical (unpaired) electrons. The maximum absolute atomic E-state index is 11.8. The summed E-state index contributed by atoms with van der Waals surface area (Å²) >= 11 is 0. The number of aryl methyl sites for hydroxylation is 1. The van der Waals surface area contributed by atoms with E-state index in [1.54, 1.807) is 17.1 Å². The van der Waals surface area contributed by atoms with Crippen LogP contribution >= 0.6 is 0 Å². The molecular formula is C12H16N6O3. The molecule has 2 aromatic rings. The van der Waals surface area contributed by atoms with Gasteiger partial charge in [-0.1, -0.05) is 0 Å². The SMILES string of the molecule is CC(C)n1cc(NC(=O)CCn2cc([N+](=O)[O-])cn2)cn1. The first-order valence-electron chi connectivity index (χ1n) is 6.46. The summed E-state index contributed by atoms with van der Waals surface area (Å²) in [6.45, 7) is 4.25. The van der Waals surface area contributed by atoms with E-state index in [2.05, 4.69) is 15.5 Å². The van der Waals surface area contributed by atoms with Gasteiger partial charge >= 0.3 is 5.69 Å². The Balaban J connectivity index is 1.85. The van der Waals surface area contributed by atoms with Gasteiger partial charge in [-0.15, -0.1) is 0 Å². The van der Waals surface area contributed by atoms with Crippen LogP contribution in [0.3, 0.4) is 0 Å². The number of hydrogen-bond acceptors (Lipinski definition) is 5. The molecule has 0 atom stereocenters. The molecule has 0 fully saturated rings. The second-order valence-electron chi connectivity index (χ2n) is 4.82. The van der Waals surface area contributed by atoms with Gasteiger partial charge in [0.25, 0.3) is 0 Å². The Hall–Kier alpha value is -2.71. The molecule has 0 aliphatic heterocycles. The van der Waals surface area contributed by atoms with Gasteiger partial charge in [0.15, 0.2) is 0 Å². The number of amides is 1. The zero-order valence-corrected chi connectivity index (χ0v) is 11.8. The molecule has 1 amide bonds. The van der Waals surface area contributed by atoms with E-state index in [1.807, 2.05) is 13.8 Å². The topological polar surface area (TPSA) is 108 Å².